The van der Waals surface area contributed by atoms with Gasteiger partial charge in [-0.05, 0) is 36.0 Å². The highest BCUT2D eigenvalue weighted by atomic mass is 32.2. The van der Waals surface area contributed by atoms with Crippen LogP contribution in [-0.2, 0) is 24.3 Å². The van der Waals surface area contributed by atoms with E-state index in [9.17, 15) is 18.0 Å². The summed E-state index contributed by atoms with van der Waals surface area (Å²) in [5.41, 5.74) is 1.02. The van der Waals surface area contributed by atoms with Gasteiger partial charge in [-0.2, -0.15) is 0 Å². The number of nitrogens with one attached hydrogen (secondary N) is 2. The Morgan fingerprint density at radius 2 is 1.65 bits per heavy atom. The molecule has 0 heterocycles. The van der Waals surface area contributed by atoms with E-state index >= 15 is 0 Å². The van der Waals surface area contributed by atoms with Gasteiger partial charge >= 0.3 is 5.97 Å². The van der Waals surface area contributed by atoms with Gasteiger partial charge < -0.3 is 10.1 Å². The van der Waals surface area contributed by atoms with Crippen molar-refractivity contribution in [2.75, 3.05) is 13.7 Å². The van der Waals surface area contributed by atoms with E-state index in [1.165, 1.54) is 19.2 Å². The highest BCUT2D eigenvalue weighted by molar-refractivity contribution is 7.89. The maximum Gasteiger partial charge on any atom is 0.328 e. The van der Waals surface area contributed by atoms with Crippen LogP contribution in [0.2, 0.25) is 0 Å². The third kappa shape index (κ3) is 6.76. The molecular weight excluding hydrogens is 356 g/mol. The van der Waals surface area contributed by atoms with Crippen LogP contribution in [0.15, 0.2) is 29.2 Å². The van der Waals surface area contributed by atoms with E-state index in [-0.39, 0.29) is 10.8 Å². The Kier molecular flexibility index (Phi) is 8.23. The van der Waals surface area contributed by atoms with Crippen LogP contribution < -0.4 is 10.0 Å². The largest absolute Gasteiger partial charge is 0.467 e. The maximum absolute atomic E-state index is 12.3. The van der Waals surface area contributed by atoms with E-state index in [0.717, 1.165) is 5.56 Å². The molecule has 1 atom stereocenters. The maximum atomic E-state index is 12.3. The van der Waals surface area contributed by atoms with Crippen LogP contribution in [0.5, 0.6) is 0 Å². The van der Waals surface area contributed by atoms with Crippen molar-refractivity contribution in [3.63, 3.8) is 0 Å². The van der Waals surface area contributed by atoms with E-state index in [0.29, 0.717) is 12.3 Å². The number of esters is 1. The Morgan fingerprint density at radius 3 is 2.12 bits per heavy atom. The molecule has 7 nitrogen and oxygen atoms in total. The summed E-state index contributed by atoms with van der Waals surface area (Å²) < 4.78 is 31.5. The molecule has 0 saturated carbocycles. The van der Waals surface area contributed by atoms with Gasteiger partial charge in [-0.1, -0.05) is 39.8 Å². The molecule has 1 amide bonds. The SMILES string of the molecule is COC(=O)C(CC(C)C)NC(=O)CNS(=O)(=O)c1ccc(C(C)C)cc1. The average molecular weight is 384 g/mol. The van der Waals surface area contributed by atoms with Crippen molar-refractivity contribution in [3.05, 3.63) is 29.8 Å². The van der Waals surface area contributed by atoms with Gasteiger partial charge in [-0.15, -0.1) is 0 Å². The first-order valence-electron chi connectivity index (χ1n) is 8.53. The average Bonchev–Trinajstić information content (AvgIpc) is 2.58. The smallest absolute Gasteiger partial charge is 0.328 e. The molecule has 146 valence electrons. The van der Waals surface area contributed by atoms with Gasteiger partial charge in [0.1, 0.15) is 6.04 Å². The molecule has 0 aromatic heterocycles. The molecule has 0 radical (unpaired) electrons. The Balaban J connectivity index is 2.70. The third-order valence-electron chi connectivity index (χ3n) is 3.81. The van der Waals surface area contributed by atoms with Crippen molar-refractivity contribution in [2.24, 2.45) is 5.92 Å². The molecule has 0 aliphatic heterocycles. The number of benzene rings is 1. The van der Waals surface area contributed by atoms with Crippen molar-refractivity contribution >= 4 is 21.9 Å². The zero-order valence-corrected chi connectivity index (χ0v) is 16.7. The van der Waals surface area contributed by atoms with Crippen LogP contribution in [-0.4, -0.2) is 40.0 Å². The molecule has 0 spiro atoms. The molecule has 0 fully saturated rings. The van der Waals surface area contributed by atoms with Crippen LogP contribution in [0.3, 0.4) is 0 Å². The highest BCUT2D eigenvalue weighted by Crippen LogP contribution is 2.17. The molecular formula is C18H28N2O5S. The topological polar surface area (TPSA) is 102 Å². The van der Waals surface area contributed by atoms with Crippen LogP contribution in [0.4, 0.5) is 0 Å². The van der Waals surface area contributed by atoms with Gasteiger partial charge in [0.2, 0.25) is 15.9 Å². The molecule has 0 bridgehead atoms. The van der Waals surface area contributed by atoms with E-state index in [1.54, 1.807) is 12.1 Å². The second-order valence-corrected chi connectivity index (χ2v) is 8.59. The predicted molar refractivity (Wildman–Crippen MR) is 99.1 cm³/mol. The summed E-state index contributed by atoms with van der Waals surface area (Å²) in [6, 6.07) is 5.70. The fourth-order valence-electron chi connectivity index (χ4n) is 2.35. The number of hydrogen-bond acceptors (Lipinski definition) is 5. The minimum atomic E-state index is -3.81. The summed E-state index contributed by atoms with van der Waals surface area (Å²) in [6.07, 6.45) is 0.405. The zero-order valence-electron chi connectivity index (χ0n) is 15.9. The summed E-state index contributed by atoms with van der Waals surface area (Å²) >= 11 is 0. The Hall–Kier alpha value is -1.93. The Labute approximate surface area is 155 Å². The zero-order chi connectivity index (χ0) is 19.9. The Bertz CT molecular complexity index is 712. The van der Waals surface area contributed by atoms with Crippen LogP contribution in [0.1, 0.15) is 45.6 Å². The fourth-order valence-corrected chi connectivity index (χ4v) is 3.33. The van der Waals surface area contributed by atoms with Gasteiger partial charge in [0.15, 0.2) is 0 Å². The standard InChI is InChI=1S/C18H28N2O5S/c1-12(2)10-16(18(22)25-5)20-17(21)11-19-26(23,24)15-8-6-14(7-9-15)13(3)4/h6-9,12-13,16,19H,10-11H2,1-5H3,(H,20,21). The quantitative estimate of drug-likeness (QED) is 0.632. The van der Waals surface area contributed by atoms with E-state index < -0.39 is 34.5 Å². The molecule has 2 N–H and O–H groups in total. The third-order valence-corrected chi connectivity index (χ3v) is 5.22. The molecule has 1 aromatic rings. The monoisotopic (exact) mass is 384 g/mol. The first kappa shape index (κ1) is 22.1. The van der Waals surface area contributed by atoms with Gasteiger partial charge in [-0.3, -0.25) is 4.79 Å². The van der Waals surface area contributed by atoms with E-state index in [2.05, 4.69) is 14.8 Å². The minimum absolute atomic E-state index is 0.0846. The molecule has 26 heavy (non-hydrogen) atoms. The number of sulfonamides is 1. The van der Waals surface area contributed by atoms with Crippen LogP contribution in [0.25, 0.3) is 0 Å². The minimum Gasteiger partial charge on any atom is -0.467 e. The van der Waals surface area contributed by atoms with Crippen molar-refractivity contribution < 1.29 is 22.7 Å². The molecule has 1 unspecified atom stereocenters. The summed E-state index contributed by atoms with van der Waals surface area (Å²) in [6.45, 7) is 7.39. The Morgan fingerprint density at radius 1 is 1.08 bits per heavy atom. The summed E-state index contributed by atoms with van der Waals surface area (Å²) in [5.74, 6) is -0.695. The highest BCUT2D eigenvalue weighted by Gasteiger charge is 2.23. The van der Waals surface area contributed by atoms with Crippen molar-refractivity contribution in [3.8, 4) is 0 Å². The van der Waals surface area contributed by atoms with Crippen molar-refractivity contribution in [1.29, 1.82) is 0 Å². The first-order valence-corrected chi connectivity index (χ1v) is 10.0. The van der Waals surface area contributed by atoms with Crippen LogP contribution >= 0.6 is 0 Å². The number of ether oxygens (including phenoxy) is 1. The molecule has 1 rings (SSSR count). The second kappa shape index (κ2) is 9.68. The van der Waals surface area contributed by atoms with Crippen molar-refractivity contribution in [1.82, 2.24) is 10.0 Å². The summed E-state index contributed by atoms with van der Waals surface area (Å²) in [7, 11) is -2.57. The van der Waals surface area contributed by atoms with Gasteiger partial charge in [-0.25, -0.2) is 17.9 Å². The molecule has 1 aromatic carbocycles. The predicted octanol–water partition coefficient (Wildman–Crippen LogP) is 1.79. The fraction of sp³-hybridized carbons (Fsp3) is 0.556. The number of rotatable bonds is 9. The van der Waals surface area contributed by atoms with Gasteiger partial charge in [0.25, 0.3) is 0 Å². The normalized spacial score (nSPS) is 12.9. The summed E-state index contributed by atoms with van der Waals surface area (Å²) in [4.78, 5) is 23.8. The lowest BCUT2D eigenvalue weighted by molar-refractivity contribution is -0.145. The number of methoxy groups -OCH3 is 1. The number of carbonyl (C=O) groups is 2. The van der Waals surface area contributed by atoms with Gasteiger partial charge in [0, 0.05) is 0 Å². The second-order valence-electron chi connectivity index (χ2n) is 6.82. The lowest BCUT2D eigenvalue weighted by Gasteiger charge is -2.18. The lowest BCUT2D eigenvalue weighted by atomic mass is 10.0. The lowest BCUT2D eigenvalue weighted by Crippen LogP contribution is -2.46. The van der Waals surface area contributed by atoms with Crippen molar-refractivity contribution in [2.45, 2.75) is 51.0 Å². The molecule has 0 aliphatic carbocycles. The first-order chi connectivity index (χ1) is 12.1. The summed E-state index contributed by atoms with van der Waals surface area (Å²) in [5, 5.41) is 2.51. The van der Waals surface area contributed by atoms with Gasteiger partial charge in [0.05, 0.1) is 18.6 Å². The number of amides is 1. The van der Waals surface area contributed by atoms with E-state index in [1.807, 2.05) is 27.7 Å². The number of carbonyl (C=O) groups excluding carboxylic acids is 2. The number of hydrogen-bond donors (Lipinski definition) is 2. The molecule has 8 heteroatoms. The molecule has 0 aliphatic rings. The van der Waals surface area contributed by atoms with E-state index in [4.69, 9.17) is 0 Å². The molecule has 0 saturated heterocycles. The van der Waals surface area contributed by atoms with Crippen LogP contribution in [0, 0.1) is 5.92 Å².